The molecule has 0 bridgehead atoms. The maximum absolute atomic E-state index is 13.3. The van der Waals surface area contributed by atoms with Crippen molar-refractivity contribution < 1.29 is 64.1 Å². The minimum Gasteiger partial charge on any atom is -0.494 e. The molecule has 0 heterocycles. The average Bonchev–Trinajstić information content (AvgIpc) is 3.09. The van der Waals surface area contributed by atoms with Gasteiger partial charge in [0.2, 0.25) is 0 Å². The van der Waals surface area contributed by atoms with Gasteiger partial charge in [-0.05, 0) is 98.2 Å². The Kier molecular flexibility index (Phi) is 14.9. The van der Waals surface area contributed by atoms with Crippen LogP contribution in [-0.2, 0) is 14.3 Å². The first kappa shape index (κ1) is 40.8. The summed E-state index contributed by atoms with van der Waals surface area (Å²) in [6.45, 7) is 3.61. The number of halogens is 7. The van der Waals surface area contributed by atoms with Gasteiger partial charge in [-0.25, -0.2) is 14.4 Å². The zero-order valence-electron chi connectivity index (χ0n) is 28.1. The topological polar surface area (TPSA) is 88.1 Å². The molecule has 0 radical (unpaired) electrons. The van der Waals surface area contributed by atoms with Crippen molar-refractivity contribution in [3.05, 3.63) is 83.9 Å². The minimum atomic E-state index is -6.61. The molecule has 0 N–H and O–H groups in total. The summed E-state index contributed by atoms with van der Waals surface area (Å²) in [7, 11) is 0. The SMILES string of the molecule is CCCC(CCC)OC(=O)c1ccc(OC(=O)c2ccc(-c3ccc(OCCCCCCOC(=O)C(F)(F)C(F)(F)C(F)(F)F)cc3)cc2)cc1. The normalized spacial score (nSPS) is 12.0. The zero-order chi connectivity index (χ0) is 37.7. The number of hydrogen-bond donors (Lipinski definition) is 0. The van der Waals surface area contributed by atoms with Crippen LogP contribution in [0.2, 0.25) is 0 Å². The molecule has 14 heteroatoms. The first-order chi connectivity index (χ1) is 24.1. The van der Waals surface area contributed by atoms with Crippen molar-refractivity contribution in [3.63, 3.8) is 0 Å². The lowest BCUT2D eigenvalue weighted by molar-refractivity contribution is -0.348. The molecule has 0 saturated heterocycles. The molecule has 278 valence electrons. The number of carbonyl (C=O) groups is 3. The highest BCUT2D eigenvalue weighted by Crippen LogP contribution is 2.47. The quantitative estimate of drug-likeness (QED) is 0.0526. The van der Waals surface area contributed by atoms with E-state index in [-0.39, 0.29) is 24.9 Å². The maximum Gasteiger partial charge on any atom is 0.460 e. The molecule has 51 heavy (non-hydrogen) atoms. The van der Waals surface area contributed by atoms with E-state index in [2.05, 4.69) is 4.74 Å². The molecule has 3 rings (SSSR count). The second-order valence-electron chi connectivity index (χ2n) is 11.7. The number of hydrogen-bond acceptors (Lipinski definition) is 7. The number of ether oxygens (including phenoxy) is 4. The highest BCUT2D eigenvalue weighted by atomic mass is 19.4. The molecule has 0 amide bonds. The van der Waals surface area contributed by atoms with E-state index in [1.54, 1.807) is 48.5 Å². The molecule has 0 saturated carbocycles. The van der Waals surface area contributed by atoms with Crippen LogP contribution in [0.3, 0.4) is 0 Å². The number of unbranched alkanes of at least 4 members (excludes halogenated alkanes) is 3. The fourth-order valence-electron chi connectivity index (χ4n) is 4.80. The second kappa shape index (κ2) is 18.6. The Morgan fingerprint density at radius 1 is 0.608 bits per heavy atom. The van der Waals surface area contributed by atoms with Crippen LogP contribution in [0, 0.1) is 0 Å². The van der Waals surface area contributed by atoms with E-state index in [1.165, 1.54) is 12.1 Å². The summed E-state index contributed by atoms with van der Waals surface area (Å²) in [5.74, 6) is -15.7. The molecule has 7 nitrogen and oxygen atoms in total. The Morgan fingerprint density at radius 2 is 1.08 bits per heavy atom. The highest BCUT2D eigenvalue weighted by Gasteiger charge is 2.77. The molecule has 0 aliphatic carbocycles. The summed E-state index contributed by atoms with van der Waals surface area (Å²) in [5, 5.41) is 0. The second-order valence-corrected chi connectivity index (χ2v) is 11.7. The molecular formula is C37H39F7O7. The van der Waals surface area contributed by atoms with Crippen molar-refractivity contribution in [2.75, 3.05) is 13.2 Å². The van der Waals surface area contributed by atoms with Gasteiger partial charge < -0.3 is 18.9 Å². The Hall–Kier alpha value is -4.62. The van der Waals surface area contributed by atoms with Gasteiger partial charge in [0.15, 0.2) is 0 Å². The van der Waals surface area contributed by atoms with Gasteiger partial charge in [0.1, 0.15) is 17.6 Å². The van der Waals surface area contributed by atoms with Gasteiger partial charge in [-0.1, -0.05) is 51.0 Å². The van der Waals surface area contributed by atoms with Crippen LogP contribution in [-0.4, -0.2) is 55.2 Å². The molecule has 0 atom stereocenters. The van der Waals surface area contributed by atoms with Crippen molar-refractivity contribution in [1.29, 1.82) is 0 Å². The number of alkyl halides is 7. The third kappa shape index (κ3) is 11.4. The minimum absolute atomic E-state index is 0.0193. The van der Waals surface area contributed by atoms with Gasteiger partial charge in [0, 0.05) is 0 Å². The van der Waals surface area contributed by atoms with Crippen LogP contribution in [0.25, 0.3) is 11.1 Å². The predicted molar refractivity (Wildman–Crippen MR) is 173 cm³/mol. The molecule has 0 fully saturated rings. The van der Waals surface area contributed by atoms with E-state index in [1.807, 2.05) is 26.0 Å². The Morgan fingerprint density at radius 3 is 1.61 bits per heavy atom. The molecule has 0 aliphatic heterocycles. The number of benzene rings is 3. The summed E-state index contributed by atoms with van der Waals surface area (Å²) < 4.78 is 109. The van der Waals surface area contributed by atoms with Crippen molar-refractivity contribution in [2.24, 2.45) is 0 Å². The molecule has 0 aromatic heterocycles. The monoisotopic (exact) mass is 728 g/mol. The lowest BCUT2D eigenvalue weighted by Gasteiger charge is -2.26. The average molecular weight is 729 g/mol. The van der Waals surface area contributed by atoms with Gasteiger partial charge in [-0.3, -0.25) is 0 Å². The van der Waals surface area contributed by atoms with E-state index in [0.29, 0.717) is 36.1 Å². The zero-order valence-corrected chi connectivity index (χ0v) is 28.1. The lowest BCUT2D eigenvalue weighted by Crippen LogP contribution is -2.56. The Labute approximate surface area is 291 Å². The van der Waals surface area contributed by atoms with Gasteiger partial charge in [0.25, 0.3) is 0 Å². The van der Waals surface area contributed by atoms with Gasteiger partial charge in [-0.15, -0.1) is 0 Å². The largest absolute Gasteiger partial charge is 0.494 e. The molecule has 3 aromatic rings. The molecule has 3 aromatic carbocycles. The fraction of sp³-hybridized carbons (Fsp3) is 0.432. The Balaban J connectivity index is 1.38. The standard InChI is InChI=1S/C37H39F7O7/c1-3-9-30(10-4-2)50-33(46)28-17-21-31(22-18-28)51-32(45)27-13-11-25(12-14-27)26-15-19-29(20-16-26)48-23-7-5-6-8-24-49-34(47)35(38,39)36(40,41)37(42,43)44/h11-22,30H,3-10,23-24H2,1-2H3. The van der Waals surface area contributed by atoms with E-state index in [0.717, 1.165) is 36.8 Å². The van der Waals surface area contributed by atoms with E-state index in [9.17, 15) is 45.1 Å². The van der Waals surface area contributed by atoms with Gasteiger partial charge >= 0.3 is 35.9 Å². The molecule has 0 unspecified atom stereocenters. The number of carbonyl (C=O) groups excluding carboxylic acids is 3. The van der Waals surface area contributed by atoms with Gasteiger partial charge in [-0.2, -0.15) is 30.7 Å². The first-order valence-corrected chi connectivity index (χ1v) is 16.5. The van der Waals surface area contributed by atoms with Crippen LogP contribution in [0.4, 0.5) is 30.7 Å². The summed E-state index contributed by atoms with van der Waals surface area (Å²) in [6.07, 6.45) is -2.03. The molecule has 0 spiro atoms. The van der Waals surface area contributed by atoms with Crippen LogP contribution in [0.1, 0.15) is 85.9 Å². The third-order valence-electron chi connectivity index (χ3n) is 7.65. The summed E-state index contributed by atoms with van der Waals surface area (Å²) in [6, 6.07) is 20.0. The van der Waals surface area contributed by atoms with Crippen molar-refractivity contribution in [3.8, 4) is 22.6 Å². The maximum atomic E-state index is 13.3. The highest BCUT2D eigenvalue weighted by molar-refractivity contribution is 5.92. The van der Waals surface area contributed by atoms with Crippen molar-refractivity contribution in [2.45, 2.75) is 89.3 Å². The predicted octanol–water partition coefficient (Wildman–Crippen LogP) is 10.0. The molecule has 0 aliphatic rings. The van der Waals surface area contributed by atoms with Crippen molar-refractivity contribution in [1.82, 2.24) is 0 Å². The summed E-state index contributed by atoms with van der Waals surface area (Å²) in [5.41, 5.74) is 2.36. The first-order valence-electron chi connectivity index (χ1n) is 16.5. The van der Waals surface area contributed by atoms with Crippen molar-refractivity contribution >= 4 is 17.9 Å². The van der Waals surface area contributed by atoms with Crippen LogP contribution in [0.5, 0.6) is 11.5 Å². The summed E-state index contributed by atoms with van der Waals surface area (Å²) >= 11 is 0. The van der Waals surface area contributed by atoms with Crippen LogP contribution < -0.4 is 9.47 Å². The van der Waals surface area contributed by atoms with Crippen LogP contribution >= 0.6 is 0 Å². The third-order valence-corrected chi connectivity index (χ3v) is 7.65. The van der Waals surface area contributed by atoms with Gasteiger partial charge in [0.05, 0.1) is 24.3 Å². The van der Waals surface area contributed by atoms with Crippen LogP contribution in [0.15, 0.2) is 72.8 Å². The summed E-state index contributed by atoms with van der Waals surface area (Å²) in [4.78, 5) is 36.3. The Bertz CT molecular complexity index is 1550. The lowest BCUT2D eigenvalue weighted by atomic mass is 10.0. The fourth-order valence-corrected chi connectivity index (χ4v) is 4.80. The smallest absolute Gasteiger partial charge is 0.460 e. The number of rotatable bonds is 19. The van der Waals surface area contributed by atoms with E-state index >= 15 is 0 Å². The molecular weight excluding hydrogens is 689 g/mol. The van der Waals surface area contributed by atoms with E-state index in [4.69, 9.17) is 14.2 Å². The number of esters is 3. The van der Waals surface area contributed by atoms with E-state index < -0.39 is 42.5 Å².